The van der Waals surface area contributed by atoms with Gasteiger partial charge in [-0.1, -0.05) is 29.8 Å². The van der Waals surface area contributed by atoms with E-state index in [4.69, 9.17) is 21.1 Å². The first-order chi connectivity index (χ1) is 24.5. The number of hydrogen-bond acceptors (Lipinski definition) is 7. The number of carbonyl (C=O) groups excluding carboxylic acids is 2. The molecule has 10 nitrogen and oxygen atoms in total. The van der Waals surface area contributed by atoms with Crippen LogP contribution >= 0.6 is 11.6 Å². The van der Waals surface area contributed by atoms with Gasteiger partial charge in [-0.05, 0) is 119 Å². The van der Waals surface area contributed by atoms with Crippen molar-refractivity contribution >= 4 is 39.3 Å². The Hall–Kier alpha value is -3.62. The summed E-state index contributed by atoms with van der Waals surface area (Å²) in [4.78, 5) is 27.8. The Kier molecular flexibility index (Phi) is 14.6. The SMILES string of the molecule is CC(O)CN(CC(CCc1c(F)cccc1NC(=O)CC(c1ccc(Cl)cc1)C1CCOCC1)NS(=O)(=O)c1ccc(F)cc1)C(=O)OC(C)(C)C. The first-order valence-electron chi connectivity index (χ1n) is 17.3. The van der Waals surface area contributed by atoms with Crippen molar-refractivity contribution in [3.8, 4) is 0 Å². The summed E-state index contributed by atoms with van der Waals surface area (Å²) in [6, 6.07) is 14.9. The molecule has 0 bridgehead atoms. The van der Waals surface area contributed by atoms with Crippen molar-refractivity contribution in [3.05, 3.63) is 94.5 Å². The maximum absolute atomic E-state index is 15.5. The summed E-state index contributed by atoms with van der Waals surface area (Å²) in [5.74, 6) is -1.48. The Morgan fingerprint density at radius 3 is 2.29 bits per heavy atom. The normalized spacial score (nSPS) is 15.8. The topological polar surface area (TPSA) is 134 Å². The van der Waals surface area contributed by atoms with Crippen molar-refractivity contribution in [2.45, 2.75) is 88.4 Å². The molecule has 1 saturated heterocycles. The molecule has 3 atom stereocenters. The fraction of sp³-hybridized carbons (Fsp3) is 0.474. The van der Waals surface area contributed by atoms with Gasteiger partial charge in [0.1, 0.15) is 17.2 Å². The molecule has 284 valence electrons. The fourth-order valence-corrected chi connectivity index (χ4v) is 7.65. The lowest BCUT2D eigenvalue weighted by Crippen LogP contribution is -2.49. The standard InChI is InChI=1S/C38H48ClF2N3O7S/c1-25(45)23-44(37(47)51-38(2,3)4)24-30(43-52(48,49)31-15-12-29(40)13-16-31)14-17-32-34(41)6-5-7-35(32)42-36(46)22-33(27-18-20-50-21-19-27)26-8-10-28(39)11-9-26/h5-13,15-16,25,27,30,33,43,45H,14,17-24H2,1-4H3,(H,42,46). The van der Waals surface area contributed by atoms with Crippen LogP contribution in [0.5, 0.6) is 0 Å². The van der Waals surface area contributed by atoms with Gasteiger partial charge in [-0.2, -0.15) is 0 Å². The molecule has 0 saturated carbocycles. The molecule has 14 heteroatoms. The van der Waals surface area contributed by atoms with Gasteiger partial charge < -0.3 is 24.8 Å². The van der Waals surface area contributed by atoms with Gasteiger partial charge in [0, 0.05) is 55.0 Å². The number of sulfonamides is 1. The number of nitrogens with one attached hydrogen (secondary N) is 2. The van der Waals surface area contributed by atoms with Crippen molar-refractivity contribution in [1.82, 2.24) is 9.62 Å². The van der Waals surface area contributed by atoms with Crippen LogP contribution in [-0.4, -0.2) is 74.5 Å². The number of rotatable bonds is 15. The van der Waals surface area contributed by atoms with Crippen LogP contribution in [0.4, 0.5) is 19.3 Å². The highest BCUT2D eigenvalue weighted by Gasteiger charge is 2.30. The second-order valence-electron chi connectivity index (χ2n) is 14.2. The van der Waals surface area contributed by atoms with Crippen molar-refractivity contribution in [1.29, 1.82) is 0 Å². The van der Waals surface area contributed by atoms with E-state index in [1.54, 1.807) is 39.0 Å². The largest absolute Gasteiger partial charge is 0.444 e. The van der Waals surface area contributed by atoms with Crippen LogP contribution in [0.3, 0.4) is 0 Å². The third-order valence-electron chi connectivity index (χ3n) is 8.70. The highest BCUT2D eigenvalue weighted by molar-refractivity contribution is 7.89. The molecule has 1 aliphatic rings. The van der Waals surface area contributed by atoms with Gasteiger partial charge in [-0.15, -0.1) is 0 Å². The van der Waals surface area contributed by atoms with Crippen molar-refractivity contribution in [2.24, 2.45) is 5.92 Å². The summed E-state index contributed by atoms with van der Waals surface area (Å²) >= 11 is 6.14. The second kappa shape index (κ2) is 18.4. The first-order valence-corrected chi connectivity index (χ1v) is 19.2. The molecule has 3 unspecified atom stereocenters. The summed E-state index contributed by atoms with van der Waals surface area (Å²) in [7, 11) is -4.25. The zero-order valence-electron chi connectivity index (χ0n) is 29.9. The molecule has 0 spiro atoms. The zero-order chi connectivity index (χ0) is 38.1. The average molecular weight is 764 g/mol. The number of nitrogens with zero attached hydrogens (tertiary/aromatic N) is 1. The zero-order valence-corrected chi connectivity index (χ0v) is 31.5. The molecule has 1 aliphatic heterocycles. The summed E-state index contributed by atoms with van der Waals surface area (Å²) in [6.45, 7) is 7.28. The van der Waals surface area contributed by atoms with Crippen LogP contribution in [0.2, 0.25) is 5.02 Å². The van der Waals surface area contributed by atoms with E-state index in [1.165, 1.54) is 24.0 Å². The lowest BCUT2D eigenvalue weighted by molar-refractivity contribution is -0.117. The monoisotopic (exact) mass is 763 g/mol. The van der Waals surface area contributed by atoms with Crippen molar-refractivity contribution < 1.29 is 41.4 Å². The van der Waals surface area contributed by atoms with E-state index in [9.17, 15) is 27.5 Å². The lowest BCUT2D eigenvalue weighted by Gasteiger charge is -2.31. The number of aliphatic hydroxyl groups excluding tert-OH is 1. The molecule has 0 aromatic heterocycles. The van der Waals surface area contributed by atoms with E-state index in [0.29, 0.717) is 18.2 Å². The van der Waals surface area contributed by atoms with Gasteiger partial charge in [0.05, 0.1) is 11.0 Å². The van der Waals surface area contributed by atoms with Gasteiger partial charge in [0.2, 0.25) is 15.9 Å². The number of carbonyl (C=O) groups is 2. The number of benzene rings is 3. The highest BCUT2D eigenvalue weighted by atomic mass is 35.5. The van der Waals surface area contributed by atoms with Gasteiger partial charge in [0.15, 0.2) is 0 Å². The average Bonchev–Trinajstić information content (AvgIpc) is 3.06. The van der Waals surface area contributed by atoms with E-state index in [1.807, 2.05) is 12.1 Å². The maximum atomic E-state index is 15.5. The van der Waals surface area contributed by atoms with E-state index in [0.717, 1.165) is 42.7 Å². The molecular weight excluding hydrogens is 716 g/mol. The van der Waals surface area contributed by atoms with Crippen LogP contribution < -0.4 is 10.0 Å². The minimum Gasteiger partial charge on any atom is -0.444 e. The quantitative estimate of drug-likeness (QED) is 0.151. The van der Waals surface area contributed by atoms with E-state index in [-0.39, 0.29) is 66.2 Å². The predicted octanol–water partition coefficient (Wildman–Crippen LogP) is 7.05. The number of halogens is 3. The maximum Gasteiger partial charge on any atom is 0.410 e. The Balaban J connectivity index is 1.58. The summed E-state index contributed by atoms with van der Waals surface area (Å²) < 4.78 is 69.7. The molecule has 3 aromatic carbocycles. The summed E-state index contributed by atoms with van der Waals surface area (Å²) in [5, 5.41) is 13.7. The fourth-order valence-electron chi connectivity index (χ4n) is 6.26. The molecule has 3 aromatic rings. The number of amides is 2. The second-order valence-corrected chi connectivity index (χ2v) is 16.3. The molecule has 0 aliphatic carbocycles. The van der Waals surface area contributed by atoms with E-state index >= 15 is 4.39 Å². The van der Waals surface area contributed by atoms with Crippen LogP contribution in [-0.2, 0) is 30.7 Å². The summed E-state index contributed by atoms with van der Waals surface area (Å²) in [5.41, 5.74) is 0.471. The Morgan fingerprint density at radius 1 is 1.02 bits per heavy atom. The van der Waals surface area contributed by atoms with Gasteiger partial charge >= 0.3 is 6.09 Å². The molecule has 2 amide bonds. The van der Waals surface area contributed by atoms with E-state index in [2.05, 4.69) is 10.0 Å². The third-order valence-corrected chi connectivity index (χ3v) is 10.5. The first kappa shape index (κ1) is 41.1. The van der Waals surface area contributed by atoms with Gasteiger partial charge in [0.25, 0.3) is 0 Å². The third kappa shape index (κ3) is 12.5. The van der Waals surface area contributed by atoms with Crippen molar-refractivity contribution in [3.63, 3.8) is 0 Å². The molecule has 0 radical (unpaired) electrons. The highest BCUT2D eigenvalue weighted by Crippen LogP contribution is 2.36. The van der Waals surface area contributed by atoms with E-state index < -0.39 is 45.5 Å². The minimum absolute atomic E-state index is 0.0290. The molecule has 4 rings (SSSR count). The Bertz CT molecular complexity index is 1750. The van der Waals surface area contributed by atoms with Gasteiger partial charge in [-0.3, -0.25) is 4.79 Å². The number of ether oxygens (including phenoxy) is 2. The molecule has 52 heavy (non-hydrogen) atoms. The molecular formula is C38H48ClF2N3O7S. The van der Waals surface area contributed by atoms with Crippen LogP contribution in [0.15, 0.2) is 71.6 Å². The van der Waals surface area contributed by atoms with Crippen LogP contribution in [0.25, 0.3) is 0 Å². The van der Waals surface area contributed by atoms with Crippen LogP contribution in [0, 0.1) is 17.6 Å². The molecule has 1 fully saturated rings. The smallest absolute Gasteiger partial charge is 0.410 e. The summed E-state index contributed by atoms with van der Waals surface area (Å²) in [6.07, 6.45) is -0.125. The van der Waals surface area contributed by atoms with Crippen LogP contribution in [0.1, 0.15) is 70.4 Å². The number of anilines is 1. The minimum atomic E-state index is -4.25. The van der Waals surface area contributed by atoms with Crippen molar-refractivity contribution in [2.75, 3.05) is 31.6 Å². The number of aliphatic hydroxyl groups is 1. The molecule has 1 heterocycles. The Morgan fingerprint density at radius 2 is 1.67 bits per heavy atom. The van der Waals surface area contributed by atoms with Gasteiger partial charge in [-0.25, -0.2) is 26.7 Å². The predicted molar refractivity (Wildman–Crippen MR) is 196 cm³/mol. The Labute approximate surface area is 309 Å². The molecule has 3 N–H and O–H groups in total. The number of hydrogen-bond donors (Lipinski definition) is 3. The lowest BCUT2D eigenvalue weighted by atomic mass is 9.79.